The molecule has 104 valence electrons. The number of nitrogens with zero attached hydrogens (tertiary/aromatic N) is 1. The fourth-order valence-electron chi connectivity index (χ4n) is 3.56. The molecule has 0 aromatic heterocycles. The number of nitrogens with one attached hydrogen (secondary N) is 1. The van der Waals surface area contributed by atoms with E-state index in [1.54, 1.807) is 0 Å². The molecule has 1 aliphatic heterocycles. The summed E-state index contributed by atoms with van der Waals surface area (Å²) in [4.78, 5) is 2.78. The lowest BCUT2D eigenvalue weighted by Crippen LogP contribution is -2.58. The Bertz CT molecular complexity index is 415. The first kappa shape index (κ1) is 13.1. The topological polar surface area (TPSA) is 15.3 Å². The maximum Gasteiger partial charge on any atom is 0.0247 e. The van der Waals surface area contributed by atoms with Crippen molar-refractivity contribution in [3.63, 3.8) is 0 Å². The molecule has 1 aliphatic carbocycles. The van der Waals surface area contributed by atoms with Gasteiger partial charge >= 0.3 is 0 Å². The van der Waals surface area contributed by atoms with Gasteiger partial charge in [-0.2, -0.15) is 0 Å². The molecule has 1 aromatic rings. The lowest BCUT2D eigenvalue weighted by atomic mass is 9.98. The first-order valence-electron chi connectivity index (χ1n) is 7.71. The molecule has 2 fully saturated rings. The van der Waals surface area contributed by atoms with E-state index in [2.05, 4.69) is 61.3 Å². The standard InChI is InChI=1S/C17H26N2/c1-12(2)17-10-18-13(3)11-19(17)16-9-15(16)14-7-5-4-6-8-14/h4-8,12-13,15-18H,9-11H2,1-3H3. The van der Waals surface area contributed by atoms with Crippen LogP contribution in [0.2, 0.25) is 0 Å². The zero-order chi connectivity index (χ0) is 13.4. The van der Waals surface area contributed by atoms with E-state index in [0.29, 0.717) is 12.1 Å². The predicted molar refractivity (Wildman–Crippen MR) is 80.4 cm³/mol. The van der Waals surface area contributed by atoms with Crippen LogP contribution < -0.4 is 5.32 Å². The van der Waals surface area contributed by atoms with Crippen LogP contribution in [0, 0.1) is 5.92 Å². The Hall–Kier alpha value is -0.860. The van der Waals surface area contributed by atoms with Gasteiger partial charge in [0.1, 0.15) is 0 Å². The van der Waals surface area contributed by atoms with E-state index in [4.69, 9.17) is 0 Å². The van der Waals surface area contributed by atoms with E-state index < -0.39 is 0 Å². The molecule has 1 N–H and O–H groups in total. The SMILES string of the molecule is CC1CN(C2CC2c2ccccc2)C(C(C)C)CN1. The summed E-state index contributed by atoms with van der Waals surface area (Å²) in [6.45, 7) is 9.38. The second kappa shape index (κ2) is 5.26. The van der Waals surface area contributed by atoms with Crippen molar-refractivity contribution in [2.75, 3.05) is 13.1 Å². The van der Waals surface area contributed by atoms with Gasteiger partial charge in [0.25, 0.3) is 0 Å². The van der Waals surface area contributed by atoms with Crippen LogP contribution in [0.5, 0.6) is 0 Å². The minimum Gasteiger partial charge on any atom is -0.311 e. The summed E-state index contributed by atoms with van der Waals surface area (Å²) in [5, 5.41) is 3.64. The van der Waals surface area contributed by atoms with Crippen molar-refractivity contribution in [3.8, 4) is 0 Å². The highest BCUT2D eigenvalue weighted by atomic mass is 15.3. The van der Waals surface area contributed by atoms with Crippen LogP contribution in [0.25, 0.3) is 0 Å². The van der Waals surface area contributed by atoms with E-state index >= 15 is 0 Å². The molecule has 1 heterocycles. The number of piperazine rings is 1. The van der Waals surface area contributed by atoms with E-state index in [1.807, 2.05) is 0 Å². The summed E-state index contributed by atoms with van der Waals surface area (Å²) in [6, 6.07) is 13.2. The predicted octanol–water partition coefficient (Wildman–Crippen LogP) is 2.86. The maximum absolute atomic E-state index is 3.64. The third-order valence-corrected chi connectivity index (χ3v) is 4.77. The van der Waals surface area contributed by atoms with Crippen LogP contribution in [0.15, 0.2) is 30.3 Å². The second-order valence-electron chi connectivity index (χ2n) is 6.64. The highest BCUT2D eigenvalue weighted by molar-refractivity contribution is 5.28. The lowest BCUT2D eigenvalue weighted by Gasteiger charge is -2.42. The van der Waals surface area contributed by atoms with E-state index in [0.717, 1.165) is 24.4 Å². The van der Waals surface area contributed by atoms with E-state index in [-0.39, 0.29) is 0 Å². The highest BCUT2D eigenvalue weighted by Gasteiger charge is 2.46. The Morgan fingerprint density at radius 3 is 2.63 bits per heavy atom. The largest absolute Gasteiger partial charge is 0.311 e. The Morgan fingerprint density at radius 2 is 1.95 bits per heavy atom. The number of hydrogen-bond donors (Lipinski definition) is 1. The third-order valence-electron chi connectivity index (χ3n) is 4.77. The van der Waals surface area contributed by atoms with Crippen molar-refractivity contribution in [3.05, 3.63) is 35.9 Å². The van der Waals surface area contributed by atoms with Gasteiger partial charge in [0.05, 0.1) is 0 Å². The highest BCUT2D eigenvalue weighted by Crippen LogP contribution is 2.46. The first-order chi connectivity index (χ1) is 9.16. The molecule has 1 saturated heterocycles. The average molecular weight is 258 g/mol. The second-order valence-corrected chi connectivity index (χ2v) is 6.64. The molecule has 3 rings (SSSR count). The van der Waals surface area contributed by atoms with Crippen molar-refractivity contribution in [1.82, 2.24) is 10.2 Å². The van der Waals surface area contributed by atoms with Crippen molar-refractivity contribution < 1.29 is 0 Å². The fraction of sp³-hybridized carbons (Fsp3) is 0.647. The normalized spacial score (nSPS) is 35.6. The Balaban J connectivity index is 1.71. The summed E-state index contributed by atoms with van der Waals surface area (Å²) >= 11 is 0. The Kier molecular flexibility index (Phi) is 3.64. The number of benzene rings is 1. The van der Waals surface area contributed by atoms with Gasteiger partial charge in [0, 0.05) is 37.1 Å². The summed E-state index contributed by atoms with van der Waals surface area (Å²) in [5.74, 6) is 1.50. The Labute approximate surface area is 117 Å². The number of rotatable bonds is 3. The fourth-order valence-corrected chi connectivity index (χ4v) is 3.56. The molecule has 1 aromatic carbocycles. The van der Waals surface area contributed by atoms with E-state index in [9.17, 15) is 0 Å². The molecule has 0 spiro atoms. The van der Waals surface area contributed by atoms with Crippen LogP contribution in [-0.2, 0) is 0 Å². The lowest BCUT2D eigenvalue weighted by molar-refractivity contribution is 0.0929. The monoisotopic (exact) mass is 258 g/mol. The van der Waals surface area contributed by atoms with Crippen molar-refractivity contribution >= 4 is 0 Å². The quantitative estimate of drug-likeness (QED) is 0.897. The molecule has 1 saturated carbocycles. The molecule has 4 unspecified atom stereocenters. The molecule has 4 atom stereocenters. The molecule has 0 radical (unpaired) electrons. The smallest absolute Gasteiger partial charge is 0.0247 e. The molecular formula is C17H26N2. The van der Waals surface area contributed by atoms with Crippen LogP contribution >= 0.6 is 0 Å². The Morgan fingerprint density at radius 1 is 1.21 bits per heavy atom. The first-order valence-corrected chi connectivity index (χ1v) is 7.71. The molecule has 2 nitrogen and oxygen atoms in total. The summed E-state index contributed by atoms with van der Waals surface area (Å²) in [7, 11) is 0. The maximum atomic E-state index is 3.64. The van der Waals surface area contributed by atoms with Gasteiger partial charge in [0.15, 0.2) is 0 Å². The molecule has 0 bridgehead atoms. The van der Waals surface area contributed by atoms with Gasteiger partial charge in [-0.1, -0.05) is 44.2 Å². The van der Waals surface area contributed by atoms with Gasteiger partial charge in [-0.05, 0) is 24.8 Å². The van der Waals surface area contributed by atoms with Crippen LogP contribution in [0.4, 0.5) is 0 Å². The molecular weight excluding hydrogens is 232 g/mol. The van der Waals surface area contributed by atoms with Gasteiger partial charge in [-0.3, -0.25) is 4.90 Å². The van der Waals surface area contributed by atoms with Crippen molar-refractivity contribution in [2.24, 2.45) is 5.92 Å². The third kappa shape index (κ3) is 2.70. The van der Waals surface area contributed by atoms with Gasteiger partial charge in [-0.25, -0.2) is 0 Å². The summed E-state index contributed by atoms with van der Waals surface area (Å²) < 4.78 is 0. The van der Waals surface area contributed by atoms with Crippen molar-refractivity contribution in [1.29, 1.82) is 0 Å². The molecule has 0 amide bonds. The minimum absolute atomic E-state index is 0.632. The molecule has 2 heteroatoms. The van der Waals surface area contributed by atoms with Gasteiger partial charge < -0.3 is 5.32 Å². The number of hydrogen-bond acceptors (Lipinski definition) is 2. The zero-order valence-corrected chi connectivity index (χ0v) is 12.3. The summed E-state index contributed by atoms with van der Waals surface area (Å²) in [5.41, 5.74) is 1.53. The molecule has 19 heavy (non-hydrogen) atoms. The zero-order valence-electron chi connectivity index (χ0n) is 12.3. The van der Waals surface area contributed by atoms with Crippen LogP contribution in [-0.4, -0.2) is 36.1 Å². The van der Waals surface area contributed by atoms with Crippen molar-refractivity contribution in [2.45, 2.75) is 51.2 Å². The average Bonchev–Trinajstić information content (AvgIpc) is 3.19. The van der Waals surface area contributed by atoms with E-state index in [1.165, 1.54) is 18.5 Å². The van der Waals surface area contributed by atoms with Gasteiger partial charge in [0.2, 0.25) is 0 Å². The van der Waals surface area contributed by atoms with Crippen LogP contribution in [0.1, 0.15) is 38.7 Å². The summed E-state index contributed by atoms with van der Waals surface area (Å²) in [6.07, 6.45) is 1.35. The minimum atomic E-state index is 0.632. The van der Waals surface area contributed by atoms with Crippen LogP contribution in [0.3, 0.4) is 0 Å². The molecule has 2 aliphatic rings. The van der Waals surface area contributed by atoms with Gasteiger partial charge in [-0.15, -0.1) is 0 Å².